The second-order valence-corrected chi connectivity index (χ2v) is 6.97. The van der Waals surface area contributed by atoms with E-state index >= 15 is 0 Å². The lowest BCUT2D eigenvalue weighted by molar-refractivity contribution is 0.0745. The predicted octanol–water partition coefficient (Wildman–Crippen LogP) is 1.95. The van der Waals surface area contributed by atoms with Crippen LogP contribution in [0.3, 0.4) is 0 Å². The van der Waals surface area contributed by atoms with Gasteiger partial charge in [-0.15, -0.1) is 10.2 Å². The predicted molar refractivity (Wildman–Crippen MR) is 112 cm³/mol. The number of ether oxygens (including phenoxy) is 2. The molecule has 156 valence electrons. The number of carbonyl (C=O) groups excluding carboxylic acids is 1. The van der Waals surface area contributed by atoms with E-state index in [0.29, 0.717) is 43.2 Å². The van der Waals surface area contributed by atoms with E-state index in [1.54, 1.807) is 38.6 Å². The highest BCUT2D eigenvalue weighted by atomic mass is 16.5. The summed E-state index contributed by atoms with van der Waals surface area (Å²) in [4.78, 5) is 21.1. The average molecular weight is 408 g/mol. The zero-order valence-electron chi connectivity index (χ0n) is 17.3. The van der Waals surface area contributed by atoms with Crippen LogP contribution in [0, 0.1) is 6.92 Å². The molecule has 1 fully saturated rings. The molecule has 9 heteroatoms. The van der Waals surface area contributed by atoms with Crippen LogP contribution in [-0.2, 0) is 0 Å². The fraction of sp³-hybridized carbons (Fsp3) is 0.333. The Balaban J connectivity index is 1.41. The van der Waals surface area contributed by atoms with E-state index < -0.39 is 0 Å². The summed E-state index contributed by atoms with van der Waals surface area (Å²) in [6.45, 7) is 4.49. The van der Waals surface area contributed by atoms with Crippen LogP contribution >= 0.6 is 0 Å². The lowest BCUT2D eigenvalue weighted by atomic mass is 10.1. The van der Waals surface area contributed by atoms with Crippen molar-refractivity contribution in [1.29, 1.82) is 0 Å². The summed E-state index contributed by atoms with van der Waals surface area (Å²) in [5.74, 6) is 3.54. The van der Waals surface area contributed by atoms with Crippen LogP contribution < -0.4 is 14.4 Å². The molecule has 2 aromatic heterocycles. The molecule has 1 amide bonds. The Hall–Kier alpha value is -3.62. The first-order valence-electron chi connectivity index (χ1n) is 9.70. The minimum absolute atomic E-state index is 0.0381. The highest BCUT2D eigenvalue weighted by Gasteiger charge is 2.24. The number of imidazole rings is 1. The summed E-state index contributed by atoms with van der Waals surface area (Å²) >= 11 is 0. The number of benzene rings is 1. The van der Waals surface area contributed by atoms with Crippen molar-refractivity contribution in [2.24, 2.45) is 0 Å². The highest BCUT2D eigenvalue weighted by molar-refractivity contribution is 5.95. The molecule has 1 aromatic carbocycles. The molecule has 4 rings (SSSR count). The molecule has 0 N–H and O–H groups in total. The van der Waals surface area contributed by atoms with Crippen molar-refractivity contribution in [2.75, 3.05) is 45.3 Å². The van der Waals surface area contributed by atoms with Crippen LogP contribution in [0.25, 0.3) is 5.82 Å². The molecule has 0 aliphatic carbocycles. The van der Waals surface area contributed by atoms with Gasteiger partial charge in [0.1, 0.15) is 17.3 Å². The summed E-state index contributed by atoms with van der Waals surface area (Å²) in [5.41, 5.74) is 0.555. The summed E-state index contributed by atoms with van der Waals surface area (Å²) in [6, 6.07) is 9.10. The van der Waals surface area contributed by atoms with Crippen molar-refractivity contribution in [3.63, 3.8) is 0 Å². The Morgan fingerprint density at radius 2 is 1.57 bits per heavy atom. The number of hydrogen-bond acceptors (Lipinski definition) is 7. The summed E-state index contributed by atoms with van der Waals surface area (Å²) in [5, 5.41) is 8.68. The fourth-order valence-corrected chi connectivity index (χ4v) is 3.49. The normalized spacial score (nSPS) is 14.0. The molecule has 1 aliphatic heterocycles. The maximum absolute atomic E-state index is 12.9. The number of amides is 1. The van der Waals surface area contributed by atoms with E-state index in [1.807, 2.05) is 34.7 Å². The first-order valence-corrected chi connectivity index (χ1v) is 9.70. The van der Waals surface area contributed by atoms with Crippen LogP contribution in [-0.4, -0.2) is 71.0 Å². The van der Waals surface area contributed by atoms with Gasteiger partial charge in [-0.05, 0) is 31.2 Å². The molecule has 0 bridgehead atoms. The van der Waals surface area contributed by atoms with Gasteiger partial charge in [-0.2, -0.15) is 0 Å². The highest BCUT2D eigenvalue weighted by Crippen LogP contribution is 2.24. The Labute approximate surface area is 174 Å². The Bertz CT molecular complexity index is 1000. The second-order valence-electron chi connectivity index (χ2n) is 6.97. The van der Waals surface area contributed by atoms with E-state index in [9.17, 15) is 4.79 Å². The molecule has 1 aliphatic rings. The monoisotopic (exact) mass is 408 g/mol. The molecule has 0 spiro atoms. The van der Waals surface area contributed by atoms with Crippen LogP contribution in [0.1, 0.15) is 16.2 Å². The van der Waals surface area contributed by atoms with E-state index in [-0.39, 0.29) is 5.91 Å². The lowest BCUT2D eigenvalue weighted by Gasteiger charge is -2.35. The average Bonchev–Trinajstić information content (AvgIpc) is 3.24. The quantitative estimate of drug-likeness (QED) is 0.638. The SMILES string of the molecule is COc1cc(OC)cc(C(=O)N2CCN(c3ccc(-n4ccnc4C)nn3)CC2)c1. The lowest BCUT2D eigenvalue weighted by Crippen LogP contribution is -2.49. The summed E-state index contributed by atoms with van der Waals surface area (Å²) < 4.78 is 12.4. The van der Waals surface area contributed by atoms with Crippen molar-refractivity contribution in [2.45, 2.75) is 6.92 Å². The third-order valence-electron chi connectivity index (χ3n) is 5.20. The molecule has 0 atom stereocenters. The number of aryl methyl sites for hydroxylation is 1. The minimum atomic E-state index is -0.0381. The molecule has 3 aromatic rings. The van der Waals surface area contributed by atoms with Gasteiger partial charge in [-0.3, -0.25) is 9.36 Å². The standard InChI is InChI=1S/C21H24N6O3/c1-15-22-6-7-27(15)20-5-4-19(23-24-20)25-8-10-26(11-9-25)21(28)16-12-17(29-2)14-18(13-16)30-3/h4-7,12-14H,8-11H2,1-3H3. The molecule has 3 heterocycles. The largest absolute Gasteiger partial charge is 0.497 e. The third kappa shape index (κ3) is 3.91. The smallest absolute Gasteiger partial charge is 0.254 e. The Morgan fingerprint density at radius 1 is 0.933 bits per heavy atom. The molecule has 1 saturated heterocycles. The molecular formula is C21H24N6O3. The van der Waals surface area contributed by atoms with Crippen LogP contribution in [0.4, 0.5) is 5.82 Å². The molecule has 0 saturated carbocycles. The van der Waals surface area contributed by atoms with Gasteiger partial charge in [-0.1, -0.05) is 0 Å². The summed E-state index contributed by atoms with van der Waals surface area (Å²) in [7, 11) is 3.14. The van der Waals surface area contributed by atoms with Gasteiger partial charge >= 0.3 is 0 Å². The Kier molecular flexibility index (Phi) is 5.51. The van der Waals surface area contributed by atoms with Crippen molar-refractivity contribution < 1.29 is 14.3 Å². The maximum atomic E-state index is 12.9. The van der Waals surface area contributed by atoms with E-state index in [1.165, 1.54) is 0 Å². The number of anilines is 1. The van der Waals surface area contributed by atoms with E-state index in [0.717, 1.165) is 17.5 Å². The number of piperazine rings is 1. The maximum Gasteiger partial charge on any atom is 0.254 e. The van der Waals surface area contributed by atoms with E-state index in [2.05, 4.69) is 20.1 Å². The number of rotatable bonds is 5. The number of hydrogen-bond donors (Lipinski definition) is 0. The number of carbonyl (C=O) groups is 1. The first-order chi connectivity index (χ1) is 14.6. The number of methoxy groups -OCH3 is 2. The molecule has 30 heavy (non-hydrogen) atoms. The minimum Gasteiger partial charge on any atom is -0.497 e. The van der Waals surface area contributed by atoms with Gasteiger partial charge < -0.3 is 19.3 Å². The molecular weight excluding hydrogens is 384 g/mol. The number of nitrogens with zero attached hydrogens (tertiary/aromatic N) is 6. The van der Waals surface area contributed by atoms with Gasteiger partial charge in [-0.25, -0.2) is 4.98 Å². The van der Waals surface area contributed by atoms with Crippen molar-refractivity contribution in [1.82, 2.24) is 24.6 Å². The first kappa shape index (κ1) is 19.7. The van der Waals surface area contributed by atoms with Gasteiger partial charge in [0.2, 0.25) is 0 Å². The van der Waals surface area contributed by atoms with Crippen LogP contribution in [0.15, 0.2) is 42.7 Å². The number of aromatic nitrogens is 4. The van der Waals surface area contributed by atoms with Gasteiger partial charge in [0.05, 0.1) is 14.2 Å². The topological polar surface area (TPSA) is 85.6 Å². The zero-order chi connectivity index (χ0) is 21.1. The zero-order valence-corrected chi connectivity index (χ0v) is 17.3. The van der Waals surface area contributed by atoms with Crippen molar-refractivity contribution in [3.8, 4) is 17.3 Å². The van der Waals surface area contributed by atoms with Crippen molar-refractivity contribution >= 4 is 11.7 Å². The van der Waals surface area contributed by atoms with E-state index in [4.69, 9.17) is 9.47 Å². The van der Waals surface area contributed by atoms with Gasteiger partial charge in [0.25, 0.3) is 5.91 Å². The Morgan fingerprint density at radius 3 is 2.10 bits per heavy atom. The summed E-state index contributed by atoms with van der Waals surface area (Å²) in [6.07, 6.45) is 3.59. The fourth-order valence-electron chi connectivity index (χ4n) is 3.49. The van der Waals surface area contributed by atoms with Crippen LogP contribution in [0.2, 0.25) is 0 Å². The molecule has 0 radical (unpaired) electrons. The van der Waals surface area contributed by atoms with Crippen LogP contribution in [0.5, 0.6) is 11.5 Å². The van der Waals surface area contributed by atoms with Gasteiger partial charge in [0.15, 0.2) is 11.6 Å². The molecule has 9 nitrogen and oxygen atoms in total. The van der Waals surface area contributed by atoms with Crippen molar-refractivity contribution in [3.05, 3.63) is 54.1 Å². The third-order valence-corrected chi connectivity index (χ3v) is 5.20. The second kappa shape index (κ2) is 8.40. The molecule has 0 unspecified atom stereocenters. The van der Waals surface area contributed by atoms with Gasteiger partial charge in [0, 0.05) is 50.2 Å².